The van der Waals surface area contributed by atoms with Crippen molar-refractivity contribution in [1.82, 2.24) is 0 Å². The summed E-state index contributed by atoms with van der Waals surface area (Å²) in [6.07, 6.45) is -9.12. The second-order valence-corrected chi connectivity index (χ2v) is 16.3. The molecule has 18 nitrogen and oxygen atoms in total. The van der Waals surface area contributed by atoms with Gasteiger partial charge >= 0.3 is 35.8 Å². The van der Waals surface area contributed by atoms with E-state index < -0.39 is 168 Å². The number of carbonyl (C=O) groups is 11. The third-order valence-corrected chi connectivity index (χ3v) is 9.38. The zero-order valence-electron chi connectivity index (χ0n) is 39.9. The van der Waals surface area contributed by atoms with Crippen molar-refractivity contribution >= 4 is 64.7 Å². The van der Waals surface area contributed by atoms with Gasteiger partial charge in [0.2, 0.25) is 5.92 Å². The van der Waals surface area contributed by atoms with E-state index in [1.807, 2.05) is 0 Å². The molecule has 0 spiro atoms. The maximum Gasteiger partial charge on any atom is 0.348 e. The standard InChI is InChI=1S/C16H14F2O6.C13H13F3O4.C13H11F3O4.C6H8O4/c1-16(2)23-14(21)13(15(22)24-16)12(20)4-3-11(19)8-5-9(17)7-10(18)6-8;2*1-20-13(19)12(16)11(18)3-2-10(17)7-4-8(14)6-9(15)5-7;1-6(2)9-4(7)3-5(8)10-6/h5-7,13H,3-4H2,1-2H3;4-6,10,12,17H,2-3H2,1H3;4-6,12H,2-3H2,1H3;3H2,1-2H3. The highest BCUT2D eigenvalue weighted by molar-refractivity contribution is 6.16. The molecule has 0 aliphatic carbocycles. The smallest absolute Gasteiger partial charge is 0.348 e. The molecule has 3 aromatic rings. The lowest BCUT2D eigenvalue weighted by Crippen LogP contribution is -2.49. The molecule has 2 saturated heterocycles. The van der Waals surface area contributed by atoms with Crippen molar-refractivity contribution in [1.29, 1.82) is 0 Å². The Morgan fingerprint density at radius 1 is 0.541 bits per heavy atom. The maximum absolute atomic E-state index is 13.1. The van der Waals surface area contributed by atoms with Crippen LogP contribution in [0.25, 0.3) is 0 Å². The fourth-order valence-electron chi connectivity index (χ4n) is 6.01. The van der Waals surface area contributed by atoms with Crippen molar-refractivity contribution in [2.45, 2.75) is 103 Å². The van der Waals surface area contributed by atoms with Crippen molar-refractivity contribution in [3.63, 3.8) is 0 Å². The molecule has 0 amide bonds. The third kappa shape index (κ3) is 20.8. The summed E-state index contributed by atoms with van der Waals surface area (Å²) in [4.78, 5) is 124. The van der Waals surface area contributed by atoms with Gasteiger partial charge in [0.1, 0.15) is 41.3 Å². The Morgan fingerprint density at radius 3 is 1.24 bits per heavy atom. The van der Waals surface area contributed by atoms with Crippen LogP contribution in [0.15, 0.2) is 54.6 Å². The van der Waals surface area contributed by atoms with Crippen LogP contribution in [0.2, 0.25) is 0 Å². The normalized spacial score (nSPS) is 15.6. The number of rotatable bonds is 17. The minimum Gasteiger partial charge on any atom is -0.467 e. The fourth-order valence-corrected chi connectivity index (χ4v) is 6.01. The molecule has 0 radical (unpaired) electrons. The summed E-state index contributed by atoms with van der Waals surface area (Å²) in [6.45, 7) is 5.71. The lowest BCUT2D eigenvalue weighted by atomic mass is 9.96. The highest BCUT2D eigenvalue weighted by atomic mass is 19.2. The van der Waals surface area contributed by atoms with Crippen LogP contribution >= 0.6 is 0 Å². The van der Waals surface area contributed by atoms with Crippen LogP contribution in [0, 0.1) is 40.8 Å². The monoisotopic (exact) mass is 1060 g/mol. The average Bonchev–Trinajstić information content (AvgIpc) is 3.28. The highest BCUT2D eigenvalue weighted by Crippen LogP contribution is 2.26. The van der Waals surface area contributed by atoms with Crippen LogP contribution in [-0.2, 0) is 71.6 Å². The Bertz CT molecular complexity index is 2540. The van der Waals surface area contributed by atoms with Gasteiger partial charge in [-0.15, -0.1) is 0 Å². The van der Waals surface area contributed by atoms with Crippen molar-refractivity contribution in [3.8, 4) is 0 Å². The van der Waals surface area contributed by atoms with E-state index in [0.717, 1.165) is 50.6 Å². The van der Waals surface area contributed by atoms with Crippen LogP contribution in [0.5, 0.6) is 0 Å². The van der Waals surface area contributed by atoms with Crippen molar-refractivity contribution < 1.29 is 121 Å². The molecule has 0 aromatic heterocycles. The van der Waals surface area contributed by atoms with E-state index in [-0.39, 0.29) is 29.5 Å². The lowest BCUT2D eigenvalue weighted by molar-refractivity contribution is -0.239. The van der Waals surface area contributed by atoms with Crippen molar-refractivity contribution in [2.24, 2.45) is 5.92 Å². The van der Waals surface area contributed by atoms with Gasteiger partial charge in [0.15, 0.2) is 28.9 Å². The molecular weight excluding hydrogens is 1020 g/mol. The van der Waals surface area contributed by atoms with Gasteiger partial charge in [0.25, 0.3) is 23.9 Å². The summed E-state index contributed by atoms with van der Waals surface area (Å²) in [5, 5.41) is 9.67. The molecule has 2 aliphatic heterocycles. The Hall–Kier alpha value is -7.77. The minimum atomic E-state index is -2.46. The number of cyclic esters (lactones) is 4. The summed E-state index contributed by atoms with van der Waals surface area (Å²) in [7, 11) is 1.86. The number of hydrogen-bond donors (Lipinski definition) is 1. The number of halogens is 8. The van der Waals surface area contributed by atoms with Crippen LogP contribution in [-0.4, -0.2) is 108 Å². The van der Waals surface area contributed by atoms with Gasteiger partial charge in [-0.3, -0.25) is 43.2 Å². The molecule has 0 bridgehead atoms. The van der Waals surface area contributed by atoms with E-state index >= 15 is 0 Å². The van der Waals surface area contributed by atoms with Gasteiger partial charge in [-0.2, -0.15) is 0 Å². The largest absolute Gasteiger partial charge is 0.467 e. The predicted molar refractivity (Wildman–Crippen MR) is 230 cm³/mol. The third-order valence-electron chi connectivity index (χ3n) is 9.38. The first-order chi connectivity index (χ1) is 34.3. The Balaban J connectivity index is 0.000000349. The number of carbonyl (C=O) groups excluding carboxylic acids is 11. The summed E-state index contributed by atoms with van der Waals surface area (Å²) in [5.41, 5.74) is -0.567. The fraction of sp³-hybridized carbons (Fsp3) is 0.396. The van der Waals surface area contributed by atoms with E-state index in [2.05, 4.69) is 18.9 Å². The zero-order chi connectivity index (χ0) is 56.4. The first-order valence-corrected chi connectivity index (χ1v) is 21.3. The van der Waals surface area contributed by atoms with E-state index in [9.17, 15) is 93.0 Å². The first-order valence-electron chi connectivity index (χ1n) is 21.3. The molecule has 2 fully saturated rings. The molecule has 0 saturated carbocycles. The molecule has 3 aromatic carbocycles. The molecule has 2 heterocycles. The average molecular weight is 1060 g/mol. The van der Waals surface area contributed by atoms with E-state index in [0.29, 0.717) is 18.2 Å². The summed E-state index contributed by atoms with van der Waals surface area (Å²) >= 11 is 0. The number of aliphatic hydroxyl groups is 1. The number of Topliss-reactive ketones (excluding diaryl/α,β-unsaturated/α-hetero) is 5. The Kier molecular flexibility index (Phi) is 23.5. The molecular formula is C48H46F8O18. The maximum atomic E-state index is 13.1. The summed E-state index contributed by atoms with van der Waals surface area (Å²) in [5.74, 6) is -20.0. The molecule has 26 heteroatoms. The van der Waals surface area contributed by atoms with Gasteiger partial charge in [0, 0.05) is 89.1 Å². The second kappa shape index (κ2) is 27.9. The van der Waals surface area contributed by atoms with E-state index in [1.54, 1.807) is 0 Å². The Morgan fingerprint density at radius 2 is 0.878 bits per heavy atom. The molecule has 74 heavy (non-hydrogen) atoms. The van der Waals surface area contributed by atoms with Gasteiger partial charge in [-0.1, -0.05) is 0 Å². The molecule has 2 aliphatic rings. The van der Waals surface area contributed by atoms with E-state index in [1.165, 1.54) is 27.7 Å². The number of alkyl halides is 2. The van der Waals surface area contributed by atoms with Crippen LogP contribution < -0.4 is 0 Å². The summed E-state index contributed by atoms with van der Waals surface area (Å²) < 4.78 is 131. The molecule has 3 atom stereocenters. The van der Waals surface area contributed by atoms with Crippen molar-refractivity contribution in [2.75, 3.05) is 14.2 Å². The van der Waals surface area contributed by atoms with Crippen LogP contribution in [0.4, 0.5) is 35.1 Å². The van der Waals surface area contributed by atoms with Gasteiger partial charge < -0.3 is 33.5 Å². The number of aliphatic hydroxyl groups excluding tert-OH is 1. The number of hydrogen-bond acceptors (Lipinski definition) is 18. The second-order valence-electron chi connectivity index (χ2n) is 16.3. The van der Waals surface area contributed by atoms with Crippen molar-refractivity contribution in [3.05, 3.63) is 106 Å². The quantitative estimate of drug-likeness (QED) is 0.0532. The topological polar surface area (TPSA) is 263 Å². The molecule has 5 rings (SSSR count). The SMILES string of the molecule is CC1(C)OC(=O)C(C(=O)CCC(=O)c2cc(F)cc(F)c2)C(=O)O1.CC1(C)OC(=O)CC(=O)O1.COC(=O)C(F)C(=O)CCC(=O)c1cc(F)cc(F)c1.COC(=O)C(F)C(=O)CCC(O)c1cc(F)cc(F)c1. The van der Waals surface area contributed by atoms with Gasteiger partial charge in [0.05, 0.1) is 20.3 Å². The lowest BCUT2D eigenvalue weighted by Gasteiger charge is -2.32. The van der Waals surface area contributed by atoms with Gasteiger partial charge in [-0.05, 0) is 48.4 Å². The van der Waals surface area contributed by atoms with E-state index in [4.69, 9.17) is 9.47 Å². The predicted octanol–water partition coefficient (Wildman–Crippen LogP) is 6.03. The number of ketones is 5. The molecule has 1 N–H and O–H groups in total. The van der Waals surface area contributed by atoms with Crippen LogP contribution in [0.1, 0.15) is 105 Å². The summed E-state index contributed by atoms with van der Waals surface area (Å²) in [6, 6.07) is 6.94. The number of ether oxygens (including phenoxy) is 6. The minimum absolute atomic E-state index is 0.0659. The molecule has 402 valence electrons. The molecule has 3 unspecified atom stereocenters. The van der Waals surface area contributed by atoms with Gasteiger partial charge in [-0.25, -0.2) is 44.7 Å². The number of methoxy groups -OCH3 is 2. The number of esters is 6. The number of benzene rings is 3. The highest BCUT2D eigenvalue weighted by Gasteiger charge is 2.47. The first kappa shape index (κ1) is 62.3. The zero-order valence-corrected chi connectivity index (χ0v) is 39.9. The van der Waals surface area contributed by atoms with Crippen LogP contribution in [0.3, 0.4) is 0 Å². The Labute approximate surface area is 414 Å².